The first kappa shape index (κ1) is 24.6. The van der Waals surface area contributed by atoms with E-state index in [1.54, 1.807) is 30.5 Å². The Balaban J connectivity index is 0.000000271. The Labute approximate surface area is 195 Å². The number of anilines is 1. The molecular formula is C26H24F3N3O2. The molecule has 0 spiro atoms. The van der Waals surface area contributed by atoms with Gasteiger partial charge in [0.25, 0.3) is 0 Å². The van der Waals surface area contributed by atoms with Crippen molar-refractivity contribution in [1.29, 1.82) is 0 Å². The number of carbonyl (C=O) groups is 1. The van der Waals surface area contributed by atoms with Crippen molar-refractivity contribution in [2.24, 2.45) is 0 Å². The average molecular weight is 467 g/mol. The zero-order valence-corrected chi connectivity index (χ0v) is 18.7. The lowest BCUT2D eigenvalue weighted by molar-refractivity contribution is -0.136. The highest BCUT2D eigenvalue weighted by atomic mass is 19.4. The summed E-state index contributed by atoms with van der Waals surface area (Å²) in [6.45, 7) is 3.92. The van der Waals surface area contributed by atoms with Gasteiger partial charge in [0.05, 0.1) is 12.1 Å². The molecule has 0 fully saturated rings. The van der Waals surface area contributed by atoms with Gasteiger partial charge in [0.15, 0.2) is 0 Å². The molecule has 8 heteroatoms. The Morgan fingerprint density at radius 1 is 1.06 bits per heavy atom. The molecule has 34 heavy (non-hydrogen) atoms. The average Bonchev–Trinajstić information content (AvgIpc) is 3.22. The maximum absolute atomic E-state index is 13.4. The van der Waals surface area contributed by atoms with Crippen LogP contribution in [0.1, 0.15) is 29.4 Å². The molecule has 0 saturated heterocycles. The lowest BCUT2D eigenvalue weighted by Crippen LogP contribution is -2.08. The predicted octanol–water partition coefficient (Wildman–Crippen LogP) is 6.37. The summed E-state index contributed by atoms with van der Waals surface area (Å²) >= 11 is 0. The standard InChI is InChI=1S/C18H14F3NO2.C8H10N2/c1-11-2-4-12(5-3-11)13-6-14-7-15(9-22-10-23)24-17(14)16(8-13)18(19,20)21;1-2-3-7-4-5-8(9)10-6-7/h2-8,10H,9H2,1H3,(H,22,23);2-6H,1H3,(H2,9,10)/b;3-2+. The number of furan rings is 1. The third-order valence-corrected chi connectivity index (χ3v) is 4.89. The number of aryl methyl sites for hydroxylation is 1. The fourth-order valence-corrected chi connectivity index (χ4v) is 3.27. The zero-order chi connectivity index (χ0) is 24.7. The van der Waals surface area contributed by atoms with E-state index in [9.17, 15) is 18.0 Å². The van der Waals surface area contributed by atoms with Crippen LogP contribution in [0.2, 0.25) is 0 Å². The van der Waals surface area contributed by atoms with Gasteiger partial charge < -0.3 is 15.5 Å². The van der Waals surface area contributed by atoms with E-state index in [1.165, 1.54) is 6.07 Å². The van der Waals surface area contributed by atoms with Gasteiger partial charge >= 0.3 is 6.18 Å². The number of nitrogens with two attached hydrogens (primary N) is 1. The van der Waals surface area contributed by atoms with Gasteiger partial charge in [-0.15, -0.1) is 0 Å². The number of benzene rings is 2. The van der Waals surface area contributed by atoms with Gasteiger partial charge in [0, 0.05) is 11.6 Å². The second-order valence-corrected chi connectivity index (χ2v) is 7.53. The number of carbonyl (C=O) groups excluding carboxylic acids is 1. The zero-order valence-electron chi connectivity index (χ0n) is 18.7. The van der Waals surface area contributed by atoms with Crippen molar-refractivity contribution in [2.45, 2.75) is 26.6 Å². The number of rotatable bonds is 5. The molecule has 0 unspecified atom stereocenters. The number of fused-ring (bicyclic) bond motifs is 1. The van der Waals surface area contributed by atoms with Crippen LogP contribution < -0.4 is 11.1 Å². The molecule has 0 aliphatic carbocycles. The Hall–Kier alpha value is -4.07. The molecular weight excluding hydrogens is 443 g/mol. The van der Waals surface area contributed by atoms with Crippen LogP contribution in [-0.2, 0) is 17.5 Å². The molecule has 2 heterocycles. The summed E-state index contributed by atoms with van der Waals surface area (Å²) in [5, 5.41) is 2.73. The molecule has 0 radical (unpaired) electrons. The Morgan fingerprint density at radius 3 is 2.38 bits per heavy atom. The second-order valence-electron chi connectivity index (χ2n) is 7.53. The van der Waals surface area contributed by atoms with E-state index in [-0.39, 0.29) is 17.9 Å². The first-order chi connectivity index (χ1) is 16.2. The number of hydrogen-bond donors (Lipinski definition) is 2. The van der Waals surface area contributed by atoms with Crippen molar-refractivity contribution < 1.29 is 22.4 Å². The van der Waals surface area contributed by atoms with Crippen LogP contribution in [0.3, 0.4) is 0 Å². The number of aromatic nitrogens is 1. The van der Waals surface area contributed by atoms with E-state index in [4.69, 9.17) is 10.2 Å². The number of pyridine rings is 1. The van der Waals surface area contributed by atoms with E-state index < -0.39 is 11.7 Å². The second kappa shape index (κ2) is 10.7. The molecule has 176 valence electrons. The number of alkyl halides is 3. The maximum atomic E-state index is 13.4. The summed E-state index contributed by atoms with van der Waals surface area (Å²) < 4.78 is 45.5. The number of allylic oxidation sites excluding steroid dienone is 1. The van der Waals surface area contributed by atoms with E-state index in [0.29, 0.717) is 28.7 Å². The quantitative estimate of drug-likeness (QED) is 0.334. The number of amides is 1. The topological polar surface area (TPSA) is 81.2 Å². The lowest BCUT2D eigenvalue weighted by atomic mass is 9.99. The minimum absolute atomic E-state index is 0.0370. The smallest absolute Gasteiger partial charge is 0.420 e. The molecule has 0 saturated carbocycles. The van der Waals surface area contributed by atoms with Crippen molar-refractivity contribution >= 4 is 29.3 Å². The van der Waals surface area contributed by atoms with E-state index in [2.05, 4.69) is 10.3 Å². The maximum Gasteiger partial charge on any atom is 0.420 e. The molecule has 2 aromatic carbocycles. The van der Waals surface area contributed by atoms with Gasteiger partial charge in [0.2, 0.25) is 6.41 Å². The highest BCUT2D eigenvalue weighted by Crippen LogP contribution is 2.39. The van der Waals surface area contributed by atoms with Crippen LogP contribution in [0.4, 0.5) is 19.0 Å². The summed E-state index contributed by atoms with van der Waals surface area (Å²) in [6, 6.07) is 15.2. The lowest BCUT2D eigenvalue weighted by Gasteiger charge is -2.10. The predicted molar refractivity (Wildman–Crippen MR) is 128 cm³/mol. The van der Waals surface area contributed by atoms with E-state index in [0.717, 1.165) is 17.2 Å². The van der Waals surface area contributed by atoms with Crippen molar-refractivity contribution in [3.8, 4) is 11.1 Å². The summed E-state index contributed by atoms with van der Waals surface area (Å²) in [4.78, 5) is 14.3. The molecule has 3 N–H and O–H groups in total. The Morgan fingerprint density at radius 2 is 1.79 bits per heavy atom. The number of hydrogen-bond acceptors (Lipinski definition) is 4. The molecule has 4 rings (SSSR count). The molecule has 4 aromatic rings. The third kappa shape index (κ3) is 6.25. The highest BCUT2D eigenvalue weighted by molar-refractivity contribution is 5.87. The van der Waals surface area contributed by atoms with Crippen molar-refractivity contribution in [3.05, 3.63) is 89.3 Å². The number of nitrogen functional groups attached to an aromatic ring is 1. The normalized spacial score (nSPS) is 11.3. The summed E-state index contributed by atoms with van der Waals surface area (Å²) in [5.41, 5.74) is 7.61. The number of halogens is 3. The fourth-order valence-electron chi connectivity index (χ4n) is 3.27. The monoisotopic (exact) mass is 467 g/mol. The molecule has 0 aliphatic heterocycles. The molecule has 1 amide bonds. The van der Waals surface area contributed by atoms with Crippen LogP contribution >= 0.6 is 0 Å². The SMILES string of the molecule is C/C=C/c1ccc(N)nc1.Cc1ccc(-c2cc(C(F)(F)F)c3oc(CNC=O)cc3c2)cc1. The summed E-state index contributed by atoms with van der Waals surface area (Å²) in [6.07, 6.45) is 1.62. The van der Waals surface area contributed by atoms with Crippen LogP contribution in [0.15, 0.2) is 71.3 Å². The number of nitrogens with zero attached hydrogens (tertiary/aromatic N) is 1. The minimum atomic E-state index is -4.54. The van der Waals surface area contributed by atoms with Crippen LogP contribution in [0.25, 0.3) is 28.2 Å². The first-order valence-corrected chi connectivity index (χ1v) is 10.4. The summed E-state index contributed by atoms with van der Waals surface area (Å²) in [7, 11) is 0. The first-order valence-electron chi connectivity index (χ1n) is 10.4. The molecule has 2 aromatic heterocycles. The van der Waals surface area contributed by atoms with Crippen LogP contribution in [0, 0.1) is 6.92 Å². The molecule has 0 atom stereocenters. The molecule has 0 aliphatic rings. The van der Waals surface area contributed by atoms with Crippen LogP contribution in [0.5, 0.6) is 0 Å². The van der Waals surface area contributed by atoms with Gasteiger partial charge in [-0.3, -0.25) is 4.79 Å². The van der Waals surface area contributed by atoms with Gasteiger partial charge in [-0.25, -0.2) is 4.98 Å². The van der Waals surface area contributed by atoms with Crippen molar-refractivity contribution in [1.82, 2.24) is 10.3 Å². The summed E-state index contributed by atoms with van der Waals surface area (Å²) in [5.74, 6) is 0.830. The van der Waals surface area contributed by atoms with E-state index in [1.807, 2.05) is 44.2 Å². The fraction of sp³-hybridized carbons (Fsp3) is 0.154. The highest BCUT2D eigenvalue weighted by Gasteiger charge is 2.35. The largest absolute Gasteiger partial charge is 0.459 e. The van der Waals surface area contributed by atoms with Gasteiger partial charge in [-0.2, -0.15) is 13.2 Å². The van der Waals surface area contributed by atoms with Gasteiger partial charge in [0.1, 0.15) is 17.2 Å². The van der Waals surface area contributed by atoms with Crippen molar-refractivity contribution in [3.63, 3.8) is 0 Å². The molecule has 0 bridgehead atoms. The Kier molecular flexibility index (Phi) is 7.73. The number of nitrogens with one attached hydrogen (secondary N) is 1. The van der Waals surface area contributed by atoms with E-state index >= 15 is 0 Å². The van der Waals surface area contributed by atoms with Crippen molar-refractivity contribution in [2.75, 3.05) is 5.73 Å². The van der Waals surface area contributed by atoms with Crippen LogP contribution in [-0.4, -0.2) is 11.4 Å². The third-order valence-electron chi connectivity index (χ3n) is 4.89. The molecule has 5 nitrogen and oxygen atoms in total. The Bertz CT molecular complexity index is 1280. The van der Waals surface area contributed by atoms with Gasteiger partial charge in [-0.1, -0.05) is 42.0 Å². The minimum Gasteiger partial charge on any atom is -0.459 e. The van der Waals surface area contributed by atoms with Gasteiger partial charge in [-0.05, 0) is 60.9 Å².